The number of rotatable bonds is 2. The third-order valence-electron chi connectivity index (χ3n) is 4.48. The van der Waals surface area contributed by atoms with Crippen LogP contribution in [0.2, 0.25) is 5.02 Å². The van der Waals surface area contributed by atoms with E-state index in [1.807, 2.05) is 12.1 Å². The zero-order chi connectivity index (χ0) is 15.9. The fraction of sp³-hybridized carbons (Fsp3) is 0.467. The molecule has 0 saturated carbocycles. The van der Waals surface area contributed by atoms with Crippen LogP contribution in [0.25, 0.3) is 0 Å². The van der Waals surface area contributed by atoms with Crippen LogP contribution in [0.1, 0.15) is 23.6 Å². The molecule has 0 bridgehead atoms. The smallest absolute Gasteiger partial charge is 0.408 e. The lowest BCUT2D eigenvalue weighted by molar-refractivity contribution is -0.142. The number of carboxylic acid groups (broad SMARTS) is 1. The molecular weight excluding hydrogens is 308 g/mol. The molecule has 1 aromatic rings. The number of halogens is 1. The van der Waals surface area contributed by atoms with Crippen molar-refractivity contribution in [2.24, 2.45) is 5.92 Å². The molecule has 1 saturated heterocycles. The van der Waals surface area contributed by atoms with Gasteiger partial charge in [-0.05, 0) is 29.5 Å². The van der Waals surface area contributed by atoms with Gasteiger partial charge in [0.25, 0.3) is 0 Å². The summed E-state index contributed by atoms with van der Waals surface area (Å²) in [5.41, 5.74) is 1.80. The van der Waals surface area contributed by atoms with E-state index in [1.54, 1.807) is 6.07 Å². The molecule has 0 spiro atoms. The van der Waals surface area contributed by atoms with Crippen molar-refractivity contribution in [3.63, 3.8) is 0 Å². The number of carbonyl (C=O) groups is 2. The van der Waals surface area contributed by atoms with Crippen LogP contribution >= 0.6 is 11.6 Å². The van der Waals surface area contributed by atoms with E-state index in [-0.39, 0.29) is 30.5 Å². The number of ether oxygens (including phenoxy) is 1. The molecule has 1 fully saturated rings. The van der Waals surface area contributed by atoms with Gasteiger partial charge in [0.1, 0.15) is 6.04 Å². The van der Waals surface area contributed by atoms with E-state index < -0.39 is 6.09 Å². The number of hydrogen-bond acceptors (Lipinski definition) is 4. The second kappa shape index (κ2) is 5.78. The van der Waals surface area contributed by atoms with Gasteiger partial charge in [0.15, 0.2) is 0 Å². The fourth-order valence-corrected chi connectivity index (χ4v) is 3.72. The Bertz CT molecular complexity index is 622. The number of methoxy groups -OCH3 is 1. The van der Waals surface area contributed by atoms with E-state index in [0.29, 0.717) is 18.0 Å². The van der Waals surface area contributed by atoms with Crippen molar-refractivity contribution in [3.8, 4) is 0 Å². The number of carbonyl (C=O) groups excluding carboxylic acids is 1. The van der Waals surface area contributed by atoms with Gasteiger partial charge in [0.05, 0.1) is 19.7 Å². The Morgan fingerprint density at radius 2 is 2.23 bits per heavy atom. The first-order valence-corrected chi connectivity index (χ1v) is 7.48. The molecule has 3 rings (SSSR count). The van der Waals surface area contributed by atoms with Crippen molar-refractivity contribution in [3.05, 3.63) is 34.3 Å². The lowest BCUT2D eigenvalue weighted by Crippen LogP contribution is -2.33. The minimum absolute atomic E-state index is 0.0138. The fourth-order valence-electron chi connectivity index (χ4n) is 3.48. The summed E-state index contributed by atoms with van der Waals surface area (Å²) in [6.45, 7) is 0.856. The van der Waals surface area contributed by atoms with Crippen LogP contribution in [0.5, 0.6) is 0 Å². The first-order valence-electron chi connectivity index (χ1n) is 7.11. The highest BCUT2D eigenvalue weighted by Gasteiger charge is 2.43. The Hall–Kier alpha value is -1.79. The van der Waals surface area contributed by atoms with Crippen LogP contribution in [-0.4, -0.2) is 41.8 Å². The molecule has 3 atom stereocenters. The van der Waals surface area contributed by atoms with Crippen LogP contribution < -0.4 is 5.32 Å². The van der Waals surface area contributed by atoms with Crippen LogP contribution in [-0.2, 0) is 16.1 Å². The molecule has 1 unspecified atom stereocenters. The van der Waals surface area contributed by atoms with Crippen molar-refractivity contribution in [1.29, 1.82) is 0 Å². The zero-order valence-electron chi connectivity index (χ0n) is 12.1. The molecule has 0 radical (unpaired) electrons. The number of benzene rings is 1. The molecule has 0 aromatic heterocycles. The molecule has 118 valence electrons. The first kappa shape index (κ1) is 15.1. The maximum absolute atomic E-state index is 11.7. The SMILES string of the molecule is COC(=O)[C@@H]1C[C@@H](C2c3cccc(Cl)c3CN2C(=O)O)CN1. The largest absolute Gasteiger partial charge is 0.468 e. The lowest BCUT2D eigenvalue weighted by atomic mass is 9.90. The van der Waals surface area contributed by atoms with Crippen molar-refractivity contribution < 1.29 is 19.4 Å². The Kier molecular flexibility index (Phi) is 3.97. The molecule has 6 nitrogen and oxygen atoms in total. The minimum atomic E-state index is -0.973. The summed E-state index contributed by atoms with van der Waals surface area (Å²) in [5.74, 6) is -0.298. The Labute approximate surface area is 133 Å². The van der Waals surface area contributed by atoms with Crippen LogP contribution in [0.3, 0.4) is 0 Å². The molecule has 1 amide bonds. The molecule has 2 N–H and O–H groups in total. The number of nitrogens with one attached hydrogen (secondary N) is 1. The Balaban J connectivity index is 1.90. The molecule has 22 heavy (non-hydrogen) atoms. The predicted octanol–water partition coefficient (Wildman–Crippen LogP) is 2.03. The van der Waals surface area contributed by atoms with Gasteiger partial charge >= 0.3 is 12.1 Å². The second-order valence-electron chi connectivity index (χ2n) is 5.64. The number of amides is 1. The average molecular weight is 325 g/mol. The molecule has 0 aliphatic carbocycles. The summed E-state index contributed by atoms with van der Waals surface area (Å²) >= 11 is 6.20. The quantitative estimate of drug-likeness (QED) is 0.814. The van der Waals surface area contributed by atoms with E-state index in [9.17, 15) is 14.7 Å². The Morgan fingerprint density at radius 1 is 1.45 bits per heavy atom. The van der Waals surface area contributed by atoms with Crippen LogP contribution in [0.15, 0.2) is 18.2 Å². The number of fused-ring (bicyclic) bond motifs is 1. The minimum Gasteiger partial charge on any atom is -0.468 e. The summed E-state index contributed by atoms with van der Waals surface area (Å²) in [6.07, 6.45) is -0.425. The van der Waals surface area contributed by atoms with Gasteiger partial charge in [-0.1, -0.05) is 23.7 Å². The van der Waals surface area contributed by atoms with Crippen molar-refractivity contribution in [1.82, 2.24) is 10.2 Å². The highest BCUT2D eigenvalue weighted by atomic mass is 35.5. The van der Waals surface area contributed by atoms with Gasteiger partial charge in [0, 0.05) is 11.6 Å². The van der Waals surface area contributed by atoms with Crippen molar-refractivity contribution in [2.45, 2.75) is 25.0 Å². The second-order valence-corrected chi connectivity index (χ2v) is 6.05. The Morgan fingerprint density at radius 3 is 2.91 bits per heavy atom. The molecular formula is C15H17ClN2O4. The number of hydrogen-bond donors (Lipinski definition) is 2. The highest BCUT2D eigenvalue weighted by molar-refractivity contribution is 6.31. The monoisotopic (exact) mass is 324 g/mol. The van der Waals surface area contributed by atoms with E-state index in [2.05, 4.69) is 5.32 Å². The number of esters is 1. The first-order chi connectivity index (χ1) is 10.5. The zero-order valence-corrected chi connectivity index (χ0v) is 12.8. The molecule has 2 aliphatic rings. The van der Waals surface area contributed by atoms with Gasteiger partial charge in [-0.15, -0.1) is 0 Å². The molecule has 7 heteroatoms. The molecule has 1 aromatic carbocycles. The van der Waals surface area contributed by atoms with Crippen molar-refractivity contribution in [2.75, 3.05) is 13.7 Å². The van der Waals surface area contributed by atoms with Gasteiger partial charge in [-0.3, -0.25) is 9.69 Å². The maximum atomic E-state index is 11.7. The average Bonchev–Trinajstić information content (AvgIpc) is 3.10. The van der Waals surface area contributed by atoms with Crippen molar-refractivity contribution >= 4 is 23.7 Å². The summed E-state index contributed by atoms with van der Waals surface area (Å²) in [4.78, 5) is 24.7. The molecule has 2 heterocycles. The van der Waals surface area contributed by atoms with Gasteiger partial charge in [-0.25, -0.2) is 4.79 Å². The topological polar surface area (TPSA) is 78.9 Å². The van der Waals surface area contributed by atoms with Crippen LogP contribution in [0, 0.1) is 5.92 Å². The standard InChI is InChI=1S/C15H17ClN2O4/c1-22-14(19)12-5-8(6-17-12)13-9-3-2-4-11(16)10(9)7-18(13)15(20)21/h2-4,8,12-13,17H,5-7H2,1H3,(H,20,21)/t8-,12+,13?/m1/s1. The van der Waals surface area contributed by atoms with E-state index in [1.165, 1.54) is 12.0 Å². The summed E-state index contributed by atoms with van der Waals surface area (Å²) in [6, 6.07) is 4.86. The lowest BCUT2D eigenvalue weighted by Gasteiger charge is -2.27. The van der Waals surface area contributed by atoms with E-state index in [4.69, 9.17) is 16.3 Å². The van der Waals surface area contributed by atoms with E-state index in [0.717, 1.165) is 11.1 Å². The predicted molar refractivity (Wildman–Crippen MR) is 79.7 cm³/mol. The third-order valence-corrected chi connectivity index (χ3v) is 4.83. The summed E-state index contributed by atoms with van der Waals surface area (Å²) in [5, 5.41) is 13.2. The highest BCUT2D eigenvalue weighted by Crippen LogP contribution is 2.44. The summed E-state index contributed by atoms with van der Waals surface area (Å²) in [7, 11) is 1.35. The molecule has 2 aliphatic heterocycles. The third kappa shape index (κ3) is 2.42. The maximum Gasteiger partial charge on any atom is 0.408 e. The van der Waals surface area contributed by atoms with Gasteiger partial charge in [-0.2, -0.15) is 0 Å². The number of nitrogens with zero attached hydrogens (tertiary/aromatic N) is 1. The normalized spacial score (nSPS) is 26.8. The van der Waals surface area contributed by atoms with Crippen LogP contribution in [0.4, 0.5) is 4.79 Å². The summed E-state index contributed by atoms with van der Waals surface area (Å²) < 4.78 is 4.76. The van der Waals surface area contributed by atoms with Gasteiger partial charge in [0.2, 0.25) is 0 Å². The van der Waals surface area contributed by atoms with E-state index >= 15 is 0 Å². The van der Waals surface area contributed by atoms with Gasteiger partial charge < -0.3 is 15.2 Å².